The maximum atomic E-state index is 12.1. The van der Waals surface area contributed by atoms with Crippen molar-refractivity contribution in [2.45, 2.75) is 43.6 Å². The minimum absolute atomic E-state index is 0.0800. The Hall–Kier alpha value is -1.34. The Balaban J connectivity index is 2.15. The van der Waals surface area contributed by atoms with Crippen molar-refractivity contribution < 1.29 is 17.9 Å². The summed E-state index contributed by atoms with van der Waals surface area (Å²) in [6, 6.07) is 1.26. The molecule has 20 heavy (non-hydrogen) atoms. The monoisotopic (exact) mass is 300 g/mol. The van der Waals surface area contributed by atoms with E-state index in [2.05, 4.69) is 6.92 Å². The molecule has 2 N–H and O–H groups in total. The lowest BCUT2D eigenvalue weighted by molar-refractivity contribution is 0.00384. The molecule has 1 aromatic rings. The number of esters is 1. The van der Waals surface area contributed by atoms with Gasteiger partial charge in [0.05, 0.1) is 0 Å². The zero-order valence-corrected chi connectivity index (χ0v) is 12.5. The molecule has 0 aromatic carbocycles. The first-order chi connectivity index (χ1) is 9.29. The van der Waals surface area contributed by atoms with Crippen LogP contribution in [0.2, 0.25) is 0 Å². The van der Waals surface area contributed by atoms with E-state index in [-0.39, 0.29) is 16.7 Å². The predicted molar refractivity (Wildman–Crippen MR) is 73.6 cm³/mol. The van der Waals surface area contributed by atoms with Crippen LogP contribution in [0.4, 0.5) is 0 Å². The molecule has 0 saturated heterocycles. The number of sulfonamides is 1. The minimum Gasteiger partial charge on any atom is -0.457 e. The van der Waals surface area contributed by atoms with Gasteiger partial charge in [-0.2, -0.15) is 0 Å². The Kier molecular flexibility index (Phi) is 4.19. The number of carbonyl (C=O) groups excluding carboxylic acids is 1. The Morgan fingerprint density at radius 1 is 1.40 bits per heavy atom. The first kappa shape index (κ1) is 15.1. The van der Waals surface area contributed by atoms with E-state index in [4.69, 9.17) is 9.88 Å². The van der Waals surface area contributed by atoms with Crippen LogP contribution in [-0.2, 0) is 21.8 Å². The number of primary sulfonamides is 1. The van der Waals surface area contributed by atoms with Crippen molar-refractivity contribution in [2.24, 2.45) is 18.1 Å². The highest BCUT2D eigenvalue weighted by Crippen LogP contribution is 2.27. The highest BCUT2D eigenvalue weighted by molar-refractivity contribution is 7.89. The third-order valence-electron chi connectivity index (χ3n) is 3.81. The van der Waals surface area contributed by atoms with Gasteiger partial charge in [0.15, 0.2) is 0 Å². The zero-order chi connectivity index (χ0) is 14.9. The Bertz CT molecular complexity index is 606. The summed E-state index contributed by atoms with van der Waals surface area (Å²) in [5, 5.41) is 5.05. The molecule has 6 nitrogen and oxygen atoms in total. The third kappa shape index (κ3) is 3.21. The first-order valence-electron chi connectivity index (χ1n) is 6.69. The quantitative estimate of drug-likeness (QED) is 0.854. The fourth-order valence-corrected chi connectivity index (χ4v) is 3.13. The summed E-state index contributed by atoms with van der Waals surface area (Å²) in [6.07, 6.45) is 5.35. The summed E-state index contributed by atoms with van der Waals surface area (Å²) >= 11 is 0. The number of hydrogen-bond donors (Lipinski definition) is 1. The number of nitrogens with two attached hydrogens (primary N) is 1. The molecule has 2 atom stereocenters. The molecule has 1 aliphatic rings. The predicted octanol–water partition coefficient (Wildman–Crippen LogP) is 1.41. The maximum absolute atomic E-state index is 12.1. The standard InChI is InChI=1S/C13H20N2O4S/c1-9-5-3-4-6-12(9)19-13(16)11-7-10(8-15(11)2)20(14,17)18/h7-9,12H,3-6H2,1-2H3,(H2,14,17,18). The molecule has 1 aromatic heterocycles. The third-order valence-corrected chi connectivity index (χ3v) is 4.69. The van der Waals surface area contributed by atoms with E-state index in [1.165, 1.54) is 16.8 Å². The van der Waals surface area contributed by atoms with Gasteiger partial charge in [-0.25, -0.2) is 18.4 Å². The molecule has 7 heteroatoms. The van der Waals surface area contributed by atoms with E-state index in [1.807, 2.05) is 0 Å². The van der Waals surface area contributed by atoms with Crippen molar-refractivity contribution in [3.63, 3.8) is 0 Å². The fraction of sp³-hybridized carbons (Fsp3) is 0.615. The molecule has 0 bridgehead atoms. The fourth-order valence-electron chi connectivity index (χ4n) is 2.55. The molecule has 2 rings (SSSR count). The number of ether oxygens (including phenoxy) is 1. The van der Waals surface area contributed by atoms with Gasteiger partial charge in [-0.15, -0.1) is 0 Å². The molecular formula is C13H20N2O4S. The van der Waals surface area contributed by atoms with Gasteiger partial charge in [-0.3, -0.25) is 0 Å². The van der Waals surface area contributed by atoms with Crippen molar-refractivity contribution in [1.82, 2.24) is 4.57 Å². The van der Waals surface area contributed by atoms with E-state index >= 15 is 0 Å². The zero-order valence-electron chi connectivity index (χ0n) is 11.7. The van der Waals surface area contributed by atoms with Crippen LogP contribution in [0.1, 0.15) is 43.1 Å². The van der Waals surface area contributed by atoms with Gasteiger partial charge in [0.25, 0.3) is 0 Å². The second kappa shape index (κ2) is 5.57. The van der Waals surface area contributed by atoms with Crippen LogP contribution in [0.5, 0.6) is 0 Å². The summed E-state index contributed by atoms with van der Waals surface area (Å²) in [7, 11) is -2.22. The highest BCUT2D eigenvalue weighted by Gasteiger charge is 2.27. The molecular weight excluding hydrogens is 280 g/mol. The number of carbonyl (C=O) groups is 1. The van der Waals surface area contributed by atoms with Gasteiger partial charge in [-0.05, 0) is 31.2 Å². The van der Waals surface area contributed by atoms with Crippen LogP contribution >= 0.6 is 0 Å². The number of aromatic nitrogens is 1. The maximum Gasteiger partial charge on any atom is 0.355 e. The molecule has 1 saturated carbocycles. The topological polar surface area (TPSA) is 91.4 Å². The Labute approximate surface area is 119 Å². The summed E-state index contributed by atoms with van der Waals surface area (Å²) in [5.74, 6) is -0.160. The second-order valence-corrected chi connectivity index (χ2v) is 6.98. The normalized spacial score (nSPS) is 23.6. The van der Waals surface area contributed by atoms with Crippen molar-refractivity contribution in [2.75, 3.05) is 0 Å². The van der Waals surface area contributed by atoms with E-state index in [1.54, 1.807) is 7.05 Å². The number of nitrogens with zero attached hydrogens (tertiary/aromatic N) is 1. The van der Waals surface area contributed by atoms with Gasteiger partial charge in [0.1, 0.15) is 16.7 Å². The summed E-state index contributed by atoms with van der Waals surface area (Å²) in [4.78, 5) is 12.1. The average Bonchev–Trinajstić information content (AvgIpc) is 2.74. The molecule has 0 amide bonds. The van der Waals surface area contributed by atoms with E-state index < -0.39 is 16.0 Å². The highest BCUT2D eigenvalue weighted by atomic mass is 32.2. The number of aryl methyl sites for hydroxylation is 1. The SMILES string of the molecule is CC1CCCCC1OC(=O)c1cc(S(N)(=O)=O)cn1C. The van der Waals surface area contributed by atoms with Gasteiger partial charge < -0.3 is 9.30 Å². The van der Waals surface area contributed by atoms with E-state index in [0.717, 1.165) is 25.7 Å². The lowest BCUT2D eigenvalue weighted by Gasteiger charge is -2.28. The van der Waals surface area contributed by atoms with Crippen LogP contribution < -0.4 is 5.14 Å². The molecule has 0 aliphatic heterocycles. The van der Waals surface area contributed by atoms with Crippen LogP contribution in [0.3, 0.4) is 0 Å². The second-order valence-electron chi connectivity index (χ2n) is 5.42. The summed E-state index contributed by atoms with van der Waals surface area (Å²) in [6.45, 7) is 2.07. The lowest BCUT2D eigenvalue weighted by Crippen LogP contribution is -2.28. The van der Waals surface area contributed by atoms with Crippen LogP contribution in [0.15, 0.2) is 17.2 Å². The van der Waals surface area contributed by atoms with Crippen molar-refractivity contribution >= 4 is 16.0 Å². The molecule has 1 fully saturated rings. The molecule has 1 aliphatic carbocycles. The first-order valence-corrected chi connectivity index (χ1v) is 8.24. The van der Waals surface area contributed by atoms with Gasteiger partial charge in [-0.1, -0.05) is 13.3 Å². The number of hydrogen-bond acceptors (Lipinski definition) is 4. The largest absolute Gasteiger partial charge is 0.457 e. The Morgan fingerprint density at radius 2 is 2.05 bits per heavy atom. The van der Waals surface area contributed by atoms with E-state index in [0.29, 0.717) is 5.92 Å². The lowest BCUT2D eigenvalue weighted by atomic mass is 9.88. The van der Waals surface area contributed by atoms with Gasteiger partial charge in [0.2, 0.25) is 10.0 Å². The molecule has 0 radical (unpaired) electrons. The van der Waals surface area contributed by atoms with Crippen LogP contribution in [0, 0.1) is 5.92 Å². The minimum atomic E-state index is -3.81. The van der Waals surface area contributed by atoms with Crippen LogP contribution in [0.25, 0.3) is 0 Å². The van der Waals surface area contributed by atoms with Crippen molar-refractivity contribution in [3.8, 4) is 0 Å². The number of rotatable bonds is 3. The molecule has 112 valence electrons. The van der Waals surface area contributed by atoms with Gasteiger partial charge in [0, 0.05) is 13.2 Å². The smallest absolute Gasteiger partial charge is 0.355 e. The molecule has 2 unspecified atom stereocenters. The summed E-state index contributed by atoms with van der Waals surface area (Å²) < 4.78 is 29.5. The Morgan fingerprint density at radius 3 is 2.60 bits per heavy atom. The summed E-state index contributed by atoms with van der Waals surface area (Å²) in [5.41, 5.74) is 0.201. The van der Waals surface area contributed by atoms with E-state index in [9.17, 15) is 13.2 Å². The van der Waals surface area contributed by atoms with Crippen molar-refractivity contribution in [3.05, 3.63) is 18.0 Å². The van der Waals surface area contributed by atoms with Crippen molar-refractivity contribution in [1.29, 1.82) is 0 Å². The molecule has 0 spiro atoms. The van der Waals surface area contributed by atoms with Gasteiger partial charge >= 0.3 is 5.97 Å². The average molecular weight is 300 g/mol. The molecule has 1 heterocycles. The van der Waals surface area contributed by atoms with Crippen LogP contribution in [-0.4, -0.2) is 25.1 Å².